The van der Waals surface area contributed by atoms with Gasteiger partial charge in [-0.25, -0.2) is 0 Å². The van der Waals surface area contributed by atoms with Crippen molar-refractivity contribution in [1.29, 1.82) is 0 Å². The highest BCUT2D eigenvalue weighted by atomic mass is 16.5. The van der Waals surface area contributed by atoms with Gasteiger partial charge < -0.3 is 14.2 Å². The first-order valence-corrected chi connectivity index (χ1v) is 5.37. The van der Waals surface area contributed by atoms with Gasteiger partial charge in [0.05, 0.1) is 20.8 Å². The van der Waals surface area contributed by atoms with E-state index in [1.54, 1.807) is 31.4 Å². The smallest absolute Gasteiger partial charge is 0.324 e. The van der Waals surface area contributed by atoms with Gasteiger partial charge in [0.25, 0.3) is 0 Å². The van der Waals surface area contributed by atoms with Crippen LogP contribution in [0, 0.1) is 0 Å². The van der Waals surface area contributed by atoms with Crippen LogP contribution in [0.2, 0.25) is 0 Å². The van der Waals surface area contributed by atoms with Crippen LogP contribution in [0.15, 0.2) is 24.3 Å². The fraction of sp³-hybridized carbons (Fsp3) is 0.385. The Morgan fingerprint density at radius 1 is 1.00 bits per heavy atom. The van der Waals surface area contributed by atoms with Gasteiger partial charge in [-0.3, -0.25) is 9.59 Å². The SMILES string of the molecule is COCc1ccc(C(C(=O)OC)C(=O)OC)cc1. The molecule has 0 saturated carbocycles. The molecule has 0 aliphatic carbocycles. The number of ether oxygens (including phenoxy) is 3. The number of rotatable bonds is 5. The molecular weight excluding hydrogens is 236 g/mol. The van der Waals surface area contributed by atoms with Crippen LogP contribution in [-0.4, -0.2) is 33.3 Å². The first-order valence-electron chi connectivity index (χ1n) is 5.37. The van der Waals surface area contributed by atoms with E-state index in [1.165, 1.54) is 14.2 Å². The second-order valence-corrected chi connectivity index (χ2v) is 3.65. The summed E-state index contributed by atoms with van der Waals surface area (Å²) in [6.07, 6.45) is 0. The third-order valence-electron chi connectivity index (χ3n) is 2.50. The number of benzene rings is 1. The molecule has 98 valence electrons. The van der Waals surface area contributed by atoms with Crippen molar-refractivity contribution in [3.63, 3.8) is 0 Å². The molecule has 0 spiro atoms. The van der Waals surface area contributed by atoms with E-state index in [-0.39, 0.29) is 0 Å². The summed E-state index contributed by atoms with van der Waals surface area (Å²) >= 11 is 0. The quantitative estimate of drug-likeness (QED) is 0.583. The summed E-state index contributed by atoms with van der Waals surface area (Å²) in [5.74, 6) is -2.32. The molecule has 18 heavy (non-hydrogen) atoms. The highest BCUT2D eigenvalue weighted by molar-refractivity contribution is 6.00. The molecule has 0 N–H and O–H groups in total. The van der Waals surface area contributed by atoms with Crippen LogP contribution in [0.5, 0.6) is 0 Å². The predicted octanol–water partition coefficient (Wildman–Crippen LogP) is 1.26. The molecule has 0 atom stereocenters. The van der Waals surface area contributed by atoms with E-state index in [2.05, 4.69) is 9.47 Å². The van der Waals surface area contributed by atoms with Crippen LogP contribution in [0.4, 0.5) is 0 Å². The van der Waals surface area contributed by atoms with Gasteiger partial charge >= 0.3 is 11.9 Å². The Morgan fingerprint density at radius 2 is 1.50 bits per heavy atom. The van der Waals surface area contributed by atoms with Gasteiger partial charge in [-0.15, -0.1) is 0 Å². The molecule has 5 heteroatoms. The Kier molecular flexibility index (Phi) is 5.32. The molecule has 0 unspecified atom stereocenters. The molecule has 0 aliphatic rings. The molecule has 1 aromatic carbocycles. The number of esters is 2. The van der Waals surface area contributed by atoms with Gasteiger partial charge in [-0.1, -0.05) is 24.3 Å². The fourth-order valence-electron chi connectivity index (χ4n) is 1.58. The van der Waals surface area contributed by atoms with E-state index in [4.69, 9.17) is 4.74 Å². The third kappa shape index (κ3) is 3.30. The van der Waals surface area contributed by atoms with Gasteiger partial charge in [0.1, 0.15) is 0 Å². The van der Waals surface area contributed by atoms with Crippen LogP contribution >= 0.6 is 0 Å². The van der Waals surface area contributed by atoms with E-state index in [1.807, 2.05) is 0 Å². The topological polar surface area (TPSA) is 61.8 Å². The monoisotopic (exact) mass is 252 g/mol. The Labute approximate surface area is 106 Å². The van der Waals surface area contributed by atoms with E-state index < -0.39 is 17.9 Å². The number of carbonyl (C=O) groups is 2. The normalized spacial score (nSPS) is 10.2. The average Bonchev–Trinajstić information content (AvgIpc) is 2.40. The molecule has 0 heterocycles. The zero-order chi connectivity index (χ0) is 13.5. The molecule has 0 aliphatic heterocycles. The maximum atomic E-state index is 11.6. The van der Waals surface area contributed by atoms with E-state index in [0.717, 1.165) is 5.56 Å². The second kappa shape index (κ2) is 6.76. The van der Waals surface area contributed by atoms with Crippen molar-refractivity contribution in [2.24, 2.45) is 0 Å². The predicted molar refractivity (Wildman–Crippen MR) is 63.9 cm³/mol. The highest BCUT2D eigenvalue weighted by Crippen LogP contribution is 2.20. The van der Waals surface area contributed by atoms with Crippen LogP contribution < -0.4 is 0 Å². The number of hydrogen-bond donors (Lipinski definition) is 0. The molecule has 0 fully saturated rings. The minimum atomic E-state index is -1.04. The Hall–Kier alpha value is -1.88. The summed E-state index contributed by atoms with van der Waals surface area (Å²) in [4.78, 5) is 23.2. The van der Waals surface area contributed by atoms with Gasteiger partial charge in [0, 0.05) is 7.11 Å². The molecule has 1 aromatic rings. The molecule has 0 bridgehead atoms. The van der Waals surface area contributed by atoms with Crippen LogP contribution in [0.25, 0.3) is 0 Å². The van der Waals surface area contributed by atoms with E-state index in [9.17, 15) is 9.59 Å². The van der Waals surface area contributed by atoms with Gasteiger partial charge in [0.15, 0.2) is 5.92 Å². The lowest BCUT2D eigenvalue weighted by molar-refractivity contribution is -0.154. The van der Waals surface area contributed by atoms with E-state index in [0.29, 0.717) is 12.2 Å². The largest absolute Gasteiger partial charge is 0.468 e. The van der Waals surface area contributed by atoms with Crippen LogP contribution in [0.3, 0.4) is 0 Å². The summed E-state index contributed by atoms with van der Waals surface area (Å²) in [5.41, 5.74) is 1.49. The fourth-order valence-corrected chi connectivity index (χ4v) is 1.58. The minimum absolute atomic E-state index is 0.474. The van der Waals surface area contributed by atoms with Crippen molar-refractivity contribution in [2.45, 2.75) is 12.5 Å². The van der Waals surface area contributed by atoms with Gasteiger partial charge in [0.2, 0.25) is 0 Å². The lowest BCUT2D eigenvalue weighted by atomic mass is 9.98. The first-order chi connectivity index (χ1) is 8.63. The summed E-state index contributed by atoms with van der Waals surface area (Å²) in [7, 11) is 4.06. The lowest BCUT2D eigenvalue weighted by Gasteiger charge is -2.13. The average molecular weight is 252 g/mol. The Bertz CT molecular complexity index is 394. The highest BCUT2D eigenvalue weighted by Gasteiger charge is 2.30. The molecule has 0 saturated heterocycles. The number of carbonyl (C=O) groups excluding carboxylic acids is 2. The molecule has 0 aromatic heterocycles. The standard InChI is InChI=1S/C13H16O5/c1-16-8-9-4-6-10(7-5-9)11(12(14)17-2)13(15)18-3/h4-7,11H,8H2,1-3H3. The zero-order valence-electron chi connectivity index (χ0n) is 10.6. The van der Waals surface area contributed by atoms with Crippen molar-refractivity contribution in [3.05, 3.63) is 35.4 Å². The Balaban J connectivity index is 2.98. The van der Waals surface area contributed by atoms with Crippen molar-refractivity contribution in [3.8, 4) is 0 Å². The molecule has 0 amide bonds. The van der Waals surface area contributed by atoms with Gasteiger partial charge in [-0.2, -0.15) is 0 Å². The number of hydrogen-bond acceptors (Lipinski definition) is 5. The van der Waals surface area contributed by atoms with E-state index >= 15 is 0 Å². The molecular formula is C13H16O5. The maximum Gasteiger partial charge on any atom is 0.324 e. The number of methoxy groups -OCH3 is 3. The Morgan fingerprint density at radius 3 is 1.89 bits per heavy atom. The van der Waals surface area contributed by atoms with Crippen LogP contribution in [-0.2, 0) is 30.4 Å². The molecule has 0 radical (unpaired) electrons. The third-order valence-corrected chi connectivity index (χ3v) is 2.50. The summed E-state index contributed by atoms with van der Waals surface area (Å²) in [6, 6.07) is 6.95. The van der Waals surface area contributed by atoms with Crippen molar-refractivity contribution in [1.82, 2.24) is 0 Å². The van der Waals surface area contributed by atoms with Gasteiger partial charge in [-0.05, 0) is 11.1 Å². The molecule has 5 nitrogen and oxygen atoms in total. The van der Waals surface area contributed by atoms with Crippen molar-refractivity contribution < 1.29 is 23.8 Å². The molecule has 1 rings (SSSR count). The van der Waals surface area contributed by atoms with Crippen molar-refractivity contribution in [2.75, 3.05) is 21.3 Å². The summed E-state index contributed by atoms with van der Waals surface area (Å²) < 4.78 is 14.2. The second-order valence-electron chi connectivity index (χ2n) is 3.65. The lowest BCUT2D eigenvalue weighted by Crippen LogP contribution is -2.24. The first kappa shape index (κ1) is 14.2. The van der Waals surface area contributed by atoms with Crippen molar-refractivity contribution >= 4 is 11.9 Å². The maximum absolute atomic E-state index is 11.6. The zero-order valence-corrected chi connectivity index (χ0v) is 10.6. The summed E-state index contributed by atoms with van der Waals surface area (Å²) in [5, 5.41) is 0. The summed E-state index contributed by atoms with van der Waals surface area (Å²) in [6.45, 7) is 0.474. The minimum Gasteiger partial charge on any atom is -0.468 e. The van der Waals surface area contributed by atoms with Crippen LogP contribution in [0.1, 0.15) is 17.0 Å².